The second-order valence-corrected chi connectivity index (χ2v) is 4.12. The highest BCUT2D eigenvalue weighted by atomic mass is 16.5. The maximum Gasteiger partial charge on any atom is 0.360 e. The summed E-state index contributed by atoms with van der Waals surface area (Å²) in [5.41, 5.74) is 1.07. The lowest BCUT2D eigenvalue weighted by Gasteiger charge is -2.09. The summed E-state index contributed by atoms with van der Waals surface area (Å²) >= 11 is 0. The summed E-state index contributed by atoms with van der Waals surface area (Å²) in [5.74, 6) is -0.310. The van der Waals surface area contributed by atoms with Gasteiger partial charge in [-0.25, -0.2) is 9.48 Å². The van der Waals surface area contributed by atoms with Crippen LogP contribution in [-0.2, 0) is 11.3 Å². The molecule has 0 aliphatic rings. The molecule has 0 aliphatic heterocycles. The first kappa shape index (κ1) is 13.6. The zero-order valence-electron chi connectivity index (χ0n) is 10.5. The van der Waals surface area contributed by atoms with Crippen LogP contribution in [0.1, 0.15) is 48.8 Å². The second-order valence-electron chi connectivity index (χ2n) is 4.12. The maximum atomic E-state index is 11.5. The van der Waals surface area contributed by atoms with Gasteiger partial charge in [0.25, 0.3) is 0 Å². The Kier molecular flexibility index (Phi) is 5.09. The Morgan fingerprint density at radius 2 is 2.18 bits per heavy atom. The minimum Gasteiger partial charge on any atom is -0.464 e. The Hall–Kier alpha value is -1.43. The average molecular weight is 241 g/mol. The van der Waals surface area contributed by atoms with Crippen LogP contribution in [-0.4, -0.2) is 39.8 Å². The number of hydrogen-bond donors (Lipinski definition) is 1. The van der Waals surface area contributed by atoms with Crippen molar-refractivity contribution < 1.29 is 14.6 Å². The zero-order valence-corrected chi connectivity index (χ0v) is 10.5. The van der Waals surface area contributed by atoms with Gasteiger partial charge in [-0.2, -0.15) is 0 Å². The molecule has 0 saturated carbocycles. The SMILES string of the molecule is COC(=O)c1nnn(CCCCO)c1C(C)C. The van der Waals surface area contributed by atoms with Gasteiger partial charge in [0.15, 0.2) is 5.69 Å². The molecule has 1 aromatic rings. The number of hydrogen-bond acceptors (Lipinski definition) is 5. The van der Waals surface area contributed by atoms with Crippen LogP contribution in [0.4, 0.5) is 0 Å². The molecule has 0 radical (unpaired) electrons. The minimum atomic E-state index is -0.456. The molecular weight excluding hydrogens is 222 g/mol. The quantitative estimate of drug-likeness (QED) is 0.593. The van der Waals surface area contributed by atoms with E-state index < -0.39 is 5.97 Å². The number of rotatable bonds is 6. The van der Waals surface area contributed by atoms with Crippen molar-refractivity contribution in [3.8, 4) is 0 Å². The number of carbonyl (C=O) groups excluding carboxylic acids is 1. The van der Waals surface area contributed by atoms with E-state index in [4.69, 9.17) is 5.11 Å². The van der Waals surface area contributed by atoms with Crippen molar-refractivity contribution in [2.45, 2.75) is 39.2 Å². The fourth-order valence-corrected chi connectivity index (χ4v) is 1.67. The third kappa shape index (κ3) is 3.26. The maximum absolute atomic E-state index is 11.5. The van der Waals surface area contributed by atoms with Gasteiger partial charge in [-0.05, 0) is 18.8 Å². The molecule has 96 valence electrons. The zero-order chi connectivity index (χ0) is 12.8. The fraction of sp³-hybridized carbons (Fsp3) is 0.727. The monoisotopic (exact) mass is 241 g/mol. The van der Waals surface area contributed by atoms with E-state index in [2.05, 4.69) is 15.0 Å². The van der Waals surface area contributed by atoms with Gasteiger partial charge in [-0.1, -0.05) is 19.1 Å². The smallest absolute Gasteiger partial charge is 0.360 e. The molecule has 6 heteroatoms. The highest BCUT2D eigenvalue weighted by Crippen LogP contribution is 2.18. The number of nitrogens with zero attached hydrogens (tertiary/aromatic N) is 3. The van der Waals surface area contributed by atoms with Gasteiger partial charge in [-0.3, -0.25) is 0 Å². The molecule has 0 aliphatic carbocycles. The number of aryl methyl sites for hydroxylation is 1. The molecule has 1 N–H and O–H groups in total. The standard InChI is InChI=1S/C11H19N3O3/c1-8(2)10-9(11(16)17-3)12-13-14(10)6-4-5-7-15/h8,15H,4-7H2,1-3H3. The van der Waals surface area contributed by atoms with Crippen LogP contribution < -0.4 is 0 Å². The predicted octanol–water partition coefficient (Wildman–Crippen LogP) is 0.961. The first-order valence-corrected chi connectivity index (χ1v) is 5.74. The molecule has 0 atom stereocenters. The van der Waals surface area contributed by atoms with E-state index >= 15 is 0 Å². The molecule has 0 bridgehead atoms. The molecule has 0 aromatic carbocycles. The lowest BCUT2D eigenvalue weighted by atomic mass is 10.1. The molecule has 17 heavy (non-hydrogen) atoms. The number of aliphatic hydroxyl groups is 1. The van der Waals surface area contributed by atoms with Gasteiger partial charge in [0.2, 0.25) is 0 Å². The van der Waals surface area contributed by atoms with Gasteiger partial charge >= 0.3 is 5.97 Å². The average Bonchev–Trinajstić information content (AvgIpc) is 2.72. The Bertz CT molecular complexity index is 374. The molecule has 6 nitrogen and oxygen atoms in total. The highest BCUT2D eigenvalue weighted by Gasteiger charge is 2.22. The van der Waals surface area contributed by atoms with Crippen molar-refractivity contribution >= 4 is 5.97 Å². The van der Waals surface area contributed by atoms with Gasteiger partial charge in [0, 0.05) is 13.2 Å². The largest absolute Gasteiger partial charge is 0.464 e. The van der Waals surface area contributed by atoms with E-state index in [1.807, 2.05) is 13.8 Å². The molecule has 1 heterocycles. The van der Waals surface area contributed by atoms with Gasteiger partial charge in [-0.15, -0.1) is 5.10 Å². The number of ether oxygens (including phenoxy) is 1. The third-order valence-corrected chi connectivity index (χ3v) is 2.48. The molecule has 0 saturated heterocycles. The summed E-state index contributed by atoms with van der Waals surface area (Å²) in [7, 11) is 1.33. The summed E-state index contributed by atoms with van der Waals surface area (Å²) < 4.78 is 6.39. The van der Waals surface area contributed by atoms with E-state index in [0.29, 0.717) is 13.0 Å². The Morgan fingerprint density at radius 1 is 1.47 bits per heavy atom. The minimum absolute atomic E-state index is 0.147. The summed E-state index contributed by atoms with van der Waals surface area (Å²) in [6.07, 6.45) is 1.52. The summed E-state index contributed by atoms with van der Waals surface area (Å²) in [4.78, 5) is 11.5. The van der Waals surface area contributed by atoms with Crippen molar-refractivity contribution in [3.05, 3.63) is 11.4 Å². The van der Waals surface area contributed by atoms with Crippen LogP contribution in [0.15, 0.2) is 0 Å². The number of esters is 1. The number of aliphatic hydroxyl groups excluding tert-OH is 1. The fourth-order valence-electron chi connectivity index (χ4n) is 1.67. The highest BCUT2D eigenvalue weighted by molar-refractivity contribution is 5.88. The van der Waals surface area contributed by atoms with E-state index in [9.17, 15) is 4.79 Å². The molecular formula is C11H19N3O3. The van der Waals surface area contributed by atoms with Crippen LogP contribution in [0.25, 0.3) is 0 Å². The molecule has 0 unspecified atom stereocenters. The second kappa shape index (κ2) is 6.34. The molecule has 1 aromatic heterocycles. The van der Waals surface area contributed by atoms with Crippen molar-refractivity contribution in [1.82, 2.24) is 15.0 Å². The van der Waals surface area contributed by atoms with E-state index in [-0.39, 0.29) is 18.2 Å². The molecule has 0 amide bonds. The number of carbonyl (C=O) groups is 1. The molecule has 0 spiro atoms. The van der Waals surface area contributed by atoms with Crippen molar-refractivity contribution in [3.63, 3.8) is 0 Å². The Balaban J connectivity index is 2.90. The summed E-state index contributed by atoms with van der Waals surface area (Å²) in [5, 5.41) is 16.6. The first-order valence-electron chi connectivity index (χ1n) is 5.74. The lowest BCUT2D eigenvalue weighted by molar-refractivity contribution is 0.0592. The van der Waals surface area contributed by atoms with Crippen LogP contribution in [0, 0.1) is 0 Å². The lowest BCUT2D eigenvalue weighted by Crippen LogP contribution is -2.11. The van der Waals surface area contributed by atoms with E-state index in [1.165, 1.54) is 7.11 Å². The number of methoxy groups -OCH3 is 1. The molecule has 1 rings (SSSR count). The Morgan fingerprint density at radius 3 is 2.71 bits per heavy atom. The number of unbranched alkanes of at least 4 members (excludes halogenated alkanes) is 1. The summed E-state index contributed by atoms with van der Waals surface area (Å²) in [6.45, 7) is 4.77. The van der Waals surface area contributed by atoms with Crippen LogP contribution in [0.5, 0.6) is 0 Å². The van der Waals surface area contributed by atoms with Crippen LogP contribution in [0.2, 0.25) is 0 Å². The first-order chi connectivity index (χ1) is 8.11. The van der Waals surface area contributed by atoms with Crippen LogP contribution >= 0.6 is 0 Å². The Labute approximate surface area is 101 Å². The predicted molar refractivity (Wildman–Crippen MR) is 61.8 cm³/mol. The van der Waals surface area contributed by atoms with Gasteiger partial charge in [0.1, 0.15) is 0 Å². The topological polar surface area (TPSA) is 77.2 Å². The summed E-state index contributed by atoms with van der Waals surface area (Å²) in [6, 6.07) is 0. The normalized spacial score (nSPS) is 10.9. The van der Waals surface area contributed by atoms with Crippen LogP contribution in [0.3, 0.4) is 0 Å². The van der Waals surface area contributed by atoms with E-state index in [0.717, 1.165) is 12.1 Å². The van der Waals surface area contributed by atoms with Gasteiger partial charge < -0.3 is 9.84 Å². The van der Waals surface area contributed by atoms with Crippen molar-refractivity contribution in [2.75, 3.05) is 13.7 Å². The van der Waals surface area contributed by atoms with Crippen molar-refractivity contribution in [1.29, 1.82) is 0 Å². The van der Waals surface area contributed by atoms with Crippen molar-refractivity contribution in [2.24, 2.45) is 0 Å². The number of aromatic nitrogens is 3. The third-order valence-electron chi connectivity index (χ3n) is 2.48. The van der Waals surface area contributed by atoms with Gasteiger partial charge in [0.05, 0.1) is 12.8 Å². The molecule has 0 fully saturated rings. The van der Waals surface area contributed by atoms with E-state index in [1.54, 1.807) is 4.68 Å².